The highest BCUT2D eigenvalue weighted by molar-refractivity contribution is 9.10. The number of aliphatic hydroxyl groups excluding tert-OH is 2. The van der Waals surface area contributed by atoms with Crippen LogP contribution in [0.15, 0.2) is 41.0 Å². The van der Waals surface area contributed by atoms with Crippen LogP contribution < -0.4 is 0 Å². The molecule has 0 aliphatic rings. The van der Waals surface area contributed by atoms with Gasteiger partial charge in [0.15, 0.2) is 0 Å². The van der Waals surface area contributed by atoms with Gasteiger partial charge in [-0.2, -0.15) is 5.10 Å². The third-order valence-corrected chi connectivity index (χ3v) is 4.03. The first-order valence-electron chi connectivity index (χ1n) is 6.06. The van der Waals surface area contributed by atoms with Crippen LogP contribution in [0.5, 0.6) is 0 Å². The zero-order valence-corrected chi connectivity index (χ0v) is 12.3. The van der Waals surface area contributed by atoms with Crippen molar-refractivity contribution in [3.63, 3.8) is 0 Å². The molecule has 0 bridgehead atoms. The molecule has 1 aromatic heterocycles. The molecule has 0 atom stereocenters. The second kappa shape index (κ2) is 5.86. The molecule has 0 unspecified atom stereocenters. The Morgan fingerprint density at radius 3 is 2.42 bits per heavy atom. The van der Waals surface area contributed by atoms with Gasteiger partial charge in [-0.3, -0.25) is 4.68 Å². The number of aryl methyl sites for hydroxylation is 1. The van der Waals surface area contributed by atoms with Crippen molar-refractivity contribution >= 4 is 15.9 Å². The maximum Gasteiger partial charge on any atom is 0.0635 e. The second-order valence-corrected chi connectivity index (χ2v) is 5.59. The van der Waals surface area contributed by atoms with Crippen molar-refractivity contribution in [2.45, 2.75) is 11.8 Å². The molecule has 0 saturated carbocycles. The monoisotopic (exact) mass is 324 g/mol. The van der Waals surface area contributed by atoms with Crippen LogP contribution in [0.1, 0.15) is 11.3 Å². The van der Waals surface area contributed by atoms with Gasteiger partial charge >= 0.3 is 0 Å². The van der Waals surface area contributed by atoms with Gasteiger partial charge in [0.1, 0.15) is 0 Å². The molecule has 102 valence electrons. The third kappa shape index (κ3) is 2.88. The van der Waals surface area contributed by atoms with Gasteiger partial charge in [-0.1, -0.05) is 34.1 Å². The summed E-state index contributed by atoms with van der Waals surface area (Å²) in [7, 11) is 1.85. The predicted molar refractivity (Wildman–Crippen MR) is 76.9 cm³/mol. The summed E-state index contributed by atoms with van der Waals surface area (Å²) >= 11 is 3.48. The van der Waals surface area contributed by atoms with Gasteiger partial charge in [0.2, 0.25) is 0 Å². The van der Waals surface area contributed by atoms with Crippen LogP contribution in [0.25, 0.3) is 0 Å². The molecular formula is C14H17BrN2O2. The summed E-state index contributed by atoms with van der Waals surface area (Å²) in [5, 5.41) is 23.9. The fourth-order valence-corrected chi connectivity index (χ4v) is 2.93. The largest absolute Gasteiger partial charge is 0.395 e. The molecule has 0 spiro atoms. The molecule has 0 radical (unpaired) electrons. The number of rotatable bonds is 5. The average molecular weight is 325 g/mol. The summed E-state index contributed by atoms with van der Waals surface area (Å²) in [6, 6.07) is 9.54. The standard InChI is InChI=1S/C14H17BrN2O2/c1-17-7-6-11(16-17)8-14(9-18,10-19)12-4-2-3-5-13(12)15/h2-7,18-19H,8-10H2,1H3. The van der Waals surface area contributed by atoms with Crippen molar-refractivity contribution in [1.29, 1.82) is 0 Å². The van der Waals surface area contributed by atoms with Crippen molar-refractivity contribution in [2.75, 3.05) is 13.2 Å². The van der Waals surface area contributed by atoms with E-state index in [-0.39, 0.29) is 13.2 Å². The first-order valence-corrected chi connectivity index (χ1v) is 6.86. The Kier molecular flexibility index (Phi) is 4.39. The summed E-state index contributed by atoms with van der Waals surface area (Å²) in [4.78, 5) is 0. The van der Waals surface area contributed by atoms with Crippen LogP contribution in [-0.2, 0) is 18.9 Å². The van der Waals surface area contributed by atoms with Crippen LogP contribution in [0.2, 0.25) is 0 Å². The van der Waals surface area contributed by atoms with E-state index in [0.29, 0.717) is 6.42 Å². The van der Waals surface area contributed by atoms with Crippen LogP contribution in [0.3, 0.4) is 0 Å². The molecule has 2 aromatic rings. The zero-order valence-electron chi connectivity index (χ0n) is 10.8. The molecule has 0 saturated heterocycles. The fourth-order valence-electron chi connectivity index (χ4n) is 2.22. The summed E-state index contributed by atoms with van der Waals surface area (Å²) < 4.78 is 2.60. The first-order chi connectivity index (χ1) is 9.11. The lowest BCUT2D eigenvalue weighted by Gasteiger charge is -2.30. The molecule has 0 amide bonds. The normalized spacial score (nSPS) is 11.8. The van der Waals surface area contributed by atoms with E-state index in [1.54, 1.807) is 4.68 Å². The van der Waals surface area contributed by atoms with Gasteiger partial charge in [-0.25, -0.2) is 0 Å². The minimum atomic E-state index is -0.728. The Hall–Kier alpha value is -1.17. The van der Waals surface area contributed by atoms with Crippen LogP contribution in [0.4, 0.5) is 0 Å². The van der Waals surface area contributed by atoms with Crippen LogP contribution >= 0.6 is 15.9 Å². The van der Waals surface area contributed by atoms with E-state index in [1.807, 2.05) is 43.6 Å². The number of hydrogen-bond acceptors (Lipinski definition) is 3. The minimum absolute atomic E-state index is 0.136. The molecule has 0 aliphatic heterocycles. The van der Waals surface area contributed by atoms with E-state index in [0.717, 1.165) is 15.7 Å². The summed E-state index contributed by atoms with van der Waals surface area (Å²) in [5.41, 5.74) is 1.01. The molecular weight excluding hydrogens is 308 g/mol. The molecule has 19 heavy (non-hydrogen) atoms. The van der Waals surface area contributed by atoms with E-state index in [9.17, 15) is 10.2 Å². The van der Waals surface area contributed by atoms with Crippen molar-refractivity contribution < 1.29 is 10.2 Å². The molecule has 2 N–H and O–H groups in total. The molecule has 0 aliphatic carbocycles. The molecule has 2 rings (SSSR count). The van der Waals surface area contributed by atoms with Gasteiger partial charge in [0.25, 0.3) is 0 Å². The van der Waals surface area contributed by atoms with E-state index in [2.05, 4.69) is 21.0 Å². The van der Waals surface area contributed by atoms with Crippen molar-refractivity contribution in [1.82, 2.24) is 9.78 Å². The highest BCUT2D eigenvalue weighted by atomic mass is 79.9. The summed E-state index contributed by atoms with van der Waals surface area (Å²) in [6.07, 6.45) is 2.35. The Labute approximate surface area is 120 Å². The average Bonchev–Trinajstić information content (AvgIpc) is 2.82. The number of nitrogens with zero attached hydrogens (tertiary/aromatic N) is 2. The second-order valence-electron chi connectivity index (χ2n) is 4.73. The molecule has 1 aromatic carbocycles. The van der Waals surface area contributed by atoms with Crippen LogP contribution in [-0.4, -0.2) is 33.2 Å². The van der Waals surface area contributed by atoms with E-state index in [4.69, 9.17) is 0 Å². The molecule has 4 nitrogen and oxygen atoms in total. The highest BCUT2D eigenvalue weighted by Crippen LogP contribution is 2.32. The smallest absolute Gasteiger partial charge is 0.0635 e. The van der Waals surface area contributed by atoms with Crippen molar-refractivity contribution in [3.8, 4) is 0 Å². The van der Waals surface area contributed by atoms with Gasteiger partial charge in [-0.05, 0) is 17.7 Å². The lowest BCUT2D eigenvalue weighted by atomic mass is 9.78. The van der Waals surface area contributed by atoms with Crippen LogP contribution in [0, 0.1) is 0 Å². The molecule has 0 fully saturated rings. The summed E-state index contributed by atoms with van der Waals surface area (Å²) in [5.74, 6) is 0. The zero-order chi connectivity index (χ0) is 13.9. The van der Waals surface area contributed by atoms with Gasteiger partial charge in [0, 0.05) is 29.6 Å². The van der Waals surface area contributed by atoms with E-state index < -0.39 is 5.41 Å². The fraction of sp³-hybridized carbons (Fsp3) is 0.357. The Balaban J connectivity index is 2.40. The third-order valence-electron chi connectivity index (χ3n) is 3.34. The van der Waals surface area contributed by atoms with E-state index in [1.165, 1.54) is 0 Å². The first kappa shape index (κ1) is 14.2. The topological polar surface area (TPSA) is 58.3 Å². The Bertz CT molecular complexity index is 550. The van der Waals surface area contributed by atoms with Gasteiger partial charge < -0.3 is 10.2 Å². The van der Waals surface area contributed by atoms with Crippen molar-refractivity contribution in [2.24, 2.45) is 7.05 Å². The summed E-state index contributed by atoms with van der Waals surface area (Å²) in [6.45, 7) is -0.272. The van der Waals surface area contributed by atoms with Gasteiger partial charge in [-0.15, -0.1) is 0 Å². The number of benzene rings is 1. The number of aromatic nitrogens is 2. The quantitative estimate of drug-likeness (QED) is 0.879. The maximum atomic E-state index is 9.81. The lowest BCUT2D eigenvalue weighted by Crippen LogP contribution is -2.37. The van der Waals surface area contributed by atoms with Gasteiger partial charge in [0.05, 0.1) is 18.9 Å². The molecule has 1 heterocycles. The number of halogens is 1. The Morgan fingerprint density at radius 1 is 1.21 bits per heavy atom. The predicted octanol–water partition coefficient (Wildman–Crippen LogP) is 1.65. The van der Waals surface area contributed by atoms with E-state index >= 15 is 0 Å². The maximum absolute atomic E-state index is 9.81. The SMILES string of the molecule is Cn1ccc(CC(CO)(CO)c2ccccc2Br)n1. The van der Waals surface area contributed by atoms with Crippen molar-refractivity contribution in [3.05, 3.63) is 52.3 Å². The highest BCUT2D eigenvalue weighted by Gasteiger charge is 2.33. The minimum Gasteiger partial charge on any atom is -0.395 e. The number of aliphatic hydroxyl groups is 2. The number of hydrogen-bond donors (Lipinski definition) is 2. The Morgan fingerprint density at radius 2 is 1.89 bits per heavy atom. The molecule has 5 heteroatoms. The lowest BCUT2D eigenvalue weighted by molar-refractivity contribution is 0.115.